The lowest BCUT2D eigenvalue weighted by Crippen LogP contribution is -2.48. The molecule has 0 spiro atoms. The summed E-state index contributed by atoms with van der Waals surface area (Å²) in [6.45, 7) is 4.05. The van der Waals surface area contributed by atoms with Gasteiger partial charge in [-0.3, -0.25) is 19.2 Å². The first-order chi connectivity index (χ1) is 42.2. The van der Waals surface area contributed by atoms with E-state index in [4.69, 9.17) is 67.8 Å². The van der Waals surface area contributed by atoms with Crippen molar-refractivity contribution in [2.45, 2.75) is 80.6 Å². The van der Waals surface area contributed by atoms with Crippen molar-refractivity contribution in [1.82, 2.24) is 10.2 Å². The molecule has 1 saturated carbocycles. The van der Waals surface area contributed by atoms with E-state index in [1.807, 2.05) is 12.1 Å². The number of carboxylic acid groups (broad SMARTS) is 1. The molecule has 1 aliphatic carbocycles. The molecule has 2 fully saturated rings. The van der Waals surface area contributed by atoms with Gasteiger partial charge in [0.1, 0.15) is 11.9 Å². The van der Waals surface area contributed by atoms with E-state index in [9.17, 15) is 33.9 Å². The van der Waals surface area contributed by atoms with Crippen LogP contribution in [0.1, 0.15) is 105 Å². The summed E-state index contributed by atoms with van der Waals surface area (Å²) in [7, 11) is 0. The van der Waals surface area contributed by atoms with Crippen LogP contribution in [0.2, 0.25) is 22.4 Å². The largest absolute Gasteiger partial charge is 0.489 e. The number of carbonyl (C=O) groups is 6. The summed E-state index contributed by atoms with van der Waals surface area (Å²) in [5.41, 5.74) is 1.34. The lowest BCUT2D eigenvalue weighted by atomic mass is 10.0. The van der Waals surface area contributed by atoms with Crippen LogP contribution in [-0.2, 0) is 19.1 Å². The van der Waals surface area contributed by atoms with E-state index in [-0.39, 0.29) is 53.5 Å². The molecule has 1 amide bonds. The number of ketones is 3. The van der Waals surface area contributed by atoms with Crippen LogP contribution in [0.15, 0.2) is 154 Å². The number of aliphatic hydroxyl groups excluding tert-OH is 1. The first-order valence-electron chi connectivity index (χ1n) is 26.9. The maximum absolute atomic E-state index is 13.0. The van der Waals surface area contributed by atoms with Crippen LogP contribution >= 0.6 is 147 Å². The Labute approximate surface area is 596 Å². The van der Waals surface area contributed by atoms with Crippen LogP contribution in [0.25, 0.3) is 50.4 Å². The second-order valence-corrected chi connectivity index (χ2v) is 29.8. The predicted octanol–water partition coefficient (Wildman–Crippen LogP) is 21.9. The first kappa shape index (κ1) is 77.4. The van der Waals surface area contributed by atoms with Crippen molar-refractivity contribution < 1.29 is 48.5 Å². The minimum absolute atomic E-state index is 0. The quantitative estimate of drug-likeness (QED) is 0.0536. The fourth-order valence-electron chi connectivity index (χ4n) is 9.04. The lowest BCUT2D eigenvalue weighted by molar-refractivity contribution is -0.137. The molecule has 5 aromatic heterocycles. The molecule has 486 valence electrons. The first-order valence-corrected chi connectivity index (χ1v) is 34.6. The number of nitrogens with zero attached hydrogens (tertiary/aromatic N) is 1. The Bertz CT molecular complexity index is 4380. The second-order valence-electron chi connectivity index (χ2n) is 19.8. The van der Waals surface area contributed by atoms with Gasteiger partial charge in [-0.05, 0) is 217 Å². The molecule has 11 aromatic rings. The summed E-state index contributed by atoms with van der Waals surface area (Å²) in [5.74, 6) is -4.63. The molecular formula is C68H65Br2Cl5N2O10S5. The average Bonchev–Trinajstić information content (AvgIpc) is 1.53. The van der Waals surface area contributed by atoms with Crippen molar-refractivity contribution in [2.75, 3.05) is 26.2 Å². The summed E-state index contributed by atoms with van der Waals surface area (Å²) in [6.07, 6.45) is 3.34. The molecule has 92 heavy (non-hydrogen) atoms. The van der Waals surface area contributed by atoms with Crippen molar-refractivity contribution in [3.63, 3.8) is 0 Å². The number of aliphatic carboxylic acids is 1. The molecule has 1 saturated heterocycles. The van der Waals surface area contributed by atoms with Gasteiger partial charge in [-0.15, -0.1) is 56.7 Å². The zero-order valence-electron chi connectivity index (χ0n) is 46.0. The molecule has 13 rings (SSSR count). The lowest BCUT2D eigenvalue weighted by Gasteiger charge is -2.28. The molecule has 12 nitrogen and oxygen atoms in total. The highest BCUT2D eigenvalue weighted by Gasteiger charge is 2.31. The van der Waals surface area contributed by atoms with Gasteiger partial charge < -0.3 is 29.9 Å². The van der Waals surface area contributed by atoms with Gasteiger partial charge in [-0.1, -0.05) is 126 Å². The number of rotatable bonds is 14. The van der Waals surface area contributed by atoms with E-state index >= 15 is 0 Å². The number of fused-ring (bicyclic) bond motifs is 5. The molecule has 6 heterocycles. The molecule has 3 N–H and O–H groups in total. The molecular weight excluding hydrogens is 1500 g/mol. The number of likely N-dealkylation sites (tertiary alicyclic amines) is 1. The minimum Gasteiger partial charge on any atom is -0.489 e. The van der Waals surface area contributed by atoms with E-state index in [2.05, 4.69) is 88.6 Å². The summed E-state index contributed by atoms with van der Waals surface area (Å²) in [6, 6.07) is 41.2. The molecule has 6 aromatic carbocycles. The SMILES string of the molecule is Brc1ccc2sccc2c1.C.C.C.C.CCOC(=O)C(=O)c1ccc2sc(Cl)cc2c1.Clc1cc2cc(Br)ccc2s1.O=C(N[C@H](CN1CCCC1)[C@H](O)c1ccc(OC2CC2)c(Cl)c1)C(=O)c1ccc2sc(Cl)cc2c1.O=C(O)C(=O)c1ccc2sc(Cl)cc2c1. The minimum atomic E-state index is -1.45. The highest BCUT2D eigenvalue weighted by atomic mass is 79.9. The van der Waals surface area contributed by atoms with Gasteiger partial charge in [-0.2, -0.15) is 0 Å². The van der Waals surface area contributed by atoms with E-state index in [1.165, 1.54) is 66.3 Å². The summed E-state index contributed by atoms with van der Waals surface area (Å²) >= 11 is 44.4. The Hall–Kier alpha value is -5.33. The predicted molar refractivity (Wildman–Crippen MR) is 396 cm³/mol. The highest BCUT2D eigenvalue weighted by Crippen LogP contribution is 2.37. The molecule has 1 aliphatic heterocycles. The molecule has 0 unspecified atom stereocenters. The van der Waals surface area contributed by atoms with Gasteiger partial charge in [0.25, 0.3) is 17.5 Å². The van der Waals surface area contributed by atoms with Crippen molar-refractivity contribution in [3.05, 3.63) is 198 Å². The average molecular weight is 1570 g/mol. The Kier molecular flexibility index (Phi) is 30.3. The third-order valence-corrected chi connectivity index (χ3v) is 20.6. The second kappa shape index (κ2) is 36.0. The Morgan fingerprint density at radius 3 is 1.48 bits per heavy atom. The molecule has 24 heteroatoms. The van der Waals surface area contributed by atoms with Crippen molar-refractivity contribution in [3.8, 4) is 5.75 Å². The number of nitrogens with one attached hydrogen (secondary N) is 1. The maximum atomic E-state index is 13.0. The summed E-state index contributed by atoms with van der Waals surface area (Å²) in [5, 5.41) is 30.1. The zero-order valence-corrected chi connectivity index (χ0v) is 57.1. The number of hydrogen-bond acceptors (Lipinski definition) is 15. The number of halogens is 7. The third kappa shape index (κ3) is 21.1. The number of carbonyl (C=O) groups excluding carboxylic acids is 5. The topological polar surface area (TPSA) is 177 Å². The van der Waals surface area contributed by atoms with Gasteiger partial charge >= 0.3 is 11.9 Å². The molecule has 2 aliphatic rings. The number of hydrogen-bond donors (Lipinski definition) is 3. The van der Waals surface area contributed by atoms with Gasteiger partial charge in [0.05, 0.1) is 41.1 Å². The van der Waals surface area contributed by atoms with Crippen LogP contribution < -0.4 is 10.1 Å². The Morgan fingerprint density at radius 1 is 0.565 bits per heavy atom. The molecule has 0 radical (unpaired) electrons. The number of carboxylic acids is 1. The van der Waals surface area contributed by atoms with Crippen LogP contribution in [0, 0.1) is 0 Å². The number of Topliss-reactive ketones (excluding diaryl/α,β-unsaturated/α-hetero) is 3. The highest BCUT2D eigenvalue weighted by molar-refractivity contribution is 9.10. The fourth-order valence-corrected chi connectivity index (χ4v) is 15.3. The number of benzene rings is 6. The summed E-state index contributed by atoms with van der Waals surface area (Å²) in [4.78, 5) is 72.7. The summed E-state index contributed by atoms with van der Waals surface area (Å²) < 4.78 is 20.9. The van der Waals surface area contributed by atoms with Gasteiger partial charge in [0.2, 0.25) is 5.78 Å². The van der Waals surface area contributed by atoms with E-state index < -0.39 is 47.3 Å². The number of thiophene rings is 5. The number of aliphatic hydroxyl groups is 1. The van der Waals surface area contributed by atoms with Crippen molar-refractivity contribution in [2.24, 2.45) is 0 Å². The van der Waals surface area contributed by atoms with Gasteiger partial charge in [0.15, 0.2) is 0 Å². The van der Waals surface area contributed by atoms with E-state index in [0.29, 0.717) is 41.5 Å². The van der Waals surface area contributed by atoms with Crippen molar-refractivity contribution >= 4 is 232 Å². The Balaban J connectivity index is 0.000000226. The monoisotopic (exact) mass is 1560 g/mol. The van der Waals surface area contributed by atoms with E-state index in [0.717, 1.165) is 82.3 Å². The van der Waals surface area contributed by atoms with Crippen LogP contribution in [-0.4, -0.2) is 88.7 Å². The van der Waals surface area contributed by atoms with Gasteiger partial charge in [-0.25, -0.2) is 9.59 Å². The zero-order chi connectivity index (χ0) is 62.8. The van der Waals surface area contributed by atoms with E-state index in [1.54, 1.807) is 108 Å². The van der Waals surface area contributed by atoms with Gasteiger partial charge in [0, 0.05) is 55.7 Å². The van der Waals surface area contributed by atoms with Crippen molar-refractivity contribution in [1.29, 1.82) is 0 Å². The number of esters is 1. The Morgan fingerprint density at radius 2 is 1.01 bits per heavy atom. The fraction of sp³-hybridized carbons (Fsp3) is 0.235. The molecule has 2 atom stereocenters. The van der Waals surface area contributed by atoms with Crippen LogP contribution in [0.4, 0.5) is 0 Å². The third-order valence-electron chi connectivity index (χ3n) is 13.4. The smallest absolute Gasteiger partial charge is 0.379 e. The number of amides is 1. The normalized spacial score (nSPS) is 12.9. The number of ether oxygens (including phenoxy) is 2. The van der Waals surface area contributed by atoms with Crippen LogP contribution in [0.3, 0.4) is 0 Å². The molecule has 0 bridgehead atoms. The standard InChI is InChI=1S/C26H26Cl2N2O4S.C12H9ClO3S.C10H5ClO3S.C8H4BrClS.C8H5BrS.4CH4/c27-19-12-16(3-7-21(19)34-18-5-6-18)24(31)20(14-30-9-1-2-10-30)29-26(33)25(32)15-4-8-22-17(11-15)13-23(28)35-22;1-2-16-12(15)11(14)7-3-4-9-8(5-7)6-10(13)17-9;11-8-4-6-3-5(9(12)10(13)14)1-2-7(6)15-8;9-6-1-2-7-5(3-6)4-8(10)11-7;9-7-1-2-8-6(5-7)3-4-10-8;;;;/h3-4,7-8,11-13,18,20,24,31H,1-2,5-6,9-10,14H2,(H,29,33);3-6H,2H2,1H3;1-4H,(H,13,14);1-4H;1-5H;4*1H4/t20-,24-;;;;;;;;/m1......../s1. The maximum Gasteiger partial charge on any atom is 0.379 e. The van der Waals surface area contributed by atoms with Crippen LogP contribution in [0.5, 0.6) is 5.75 Å².